The fourth-order valence-corrected chi connectivity index (χ4v) is 3.59. The van der Waals surface area contributed by atoms with E-state index >= 15 is 0 Å². The van der Waals surface area contributed by atoms with Crippen molar-refractivity contribution in [3.63, 3.8) is 0 Å². The Morgan fingerprint density at radius 1 is 1.23 bits per heavy atom. The number of nitrogens with zero attached hydrogens (tertiary/aromatic N) is 5. The van der Waals surface area contributed by atoms with Gasteiger partial charge in [-0.2, -0.15) is 0 Å². The molecule has 3 heterocycles. The molecule has 26 heavy (non-hydrogen) atoms. The van der Waals surface area contributed by atoms with Crippen LogP contribution in [0.2, 0.25) is 0 Å². The number of hydrogen-bond acceptors (Lipinski definition) is 6. The third-order valence-electron chi connectivity index (χ3n) is 4.83. The molecule has 1 saturated heterocycles. The summed E-state index contributed by atoms with van der Waals surface area (Å²) >= 11 is 0. The van der Waals surface area contributed by atoms with Crippen LogP contribution in [0, 0.1) is 0 Å². The number of anilines is 1. The van der Waals surface area contributed by atoms with Crippen LogP contribution in [-0.4, -0.2) is 33.2 Å². The van der Waals surface area contributed by atoms with E-state index in [-0.39, 0.29) is 11.6 Å². The molecule has 0 spiro atoms. The standard InChI is InChI=1S/C19H21N5O2/c1-23-18(21-14-7-4-3-6-13(14)19(23)25)15-8-5-11-24(15)17-9-10-20-16(22-17)12-26-2/h3-4,6-7,9-10,15H,5,8,11-12H2,1-2H3. The predicted octanol–water partition coefficient (Wildman–Crippen LogP) is 2.21. The van der Waals surface area contributed by atoms with Crippen molar-refractivity contribution in [2.24, 2.45) is 7.05 Å². The number of fused-ring (bicyclic) bond motifs is 1. The van der Waals surface area contributed by atoms with Crippen LogP contribution in [0.25, 0.3) is 10.9 Å². The first kappa shape index (κ1) is 16.7. The quantitative estimate of drug-likeness (QED) is 0.718. The number of benzene rings is 1. The fourth-order valence-electron chi connectivity index (χ4n) is 3.59. The highest BCUT2D eigenvalue weighted by atomic mass is 16.5. The zero-order valence-electron chi connectivity index (χ0n) is 14.9. The summed E-state index contributed by atoms with van der Waals surface area (Å²) in [5, 5.41) is 0.646. The van der Waals surface area contributed by atoms with Crippen LogP contribution in [0.15, 0.2) is 41.3 Å². The first-order valence-electron chi connectivity index (χ1n) is 8.72. The number of hydrogen-bond donors (Lipinski definition) is 0. The van der Waals surface area contributed by atoms with E-state index in [1.165, 1.54) is 0 Å². The van der Waals surface area contributed by atoms with Gasteiger partial charge in [-0.05, 0) is 31.0 Å². The van der Waals surface area contributed by atoms with Gasteiger partial charge in [-0.3, -0.25) is 9.36 Å². The monoisotopic (exact) mass is 351 g/mol. The molecule has 4 rings (SSSR count). The zero-order valence-corrected chi connectivity index (χ0v) is 14.9. The maximum atomic E-state index is 12.8. The average Bonchev–Trinajstić information content (AvgIpc) is 3.15. The van der Waals surface area contributed by atoms with Crippen LogP contribution in [0.5, 0.6) is 0 Å². The van der Waals surface area contributed by atoms with Crippen molar-refractivity contribution < 1.29 is 4.74 Å². The van der Waals surface area contributed by atoms with Crippen molar-refractivity contribution in [2.75, 3.05) is 18.6 Å². The minimum atomic E-state index is -0.0137. The van der Waals surface area contributed by atoms with Crippen LogP contribution in [0.3, 0.4) is 0 Å². The molecule has 2 aromatic heterocycles. The Bertz CT molecular complexity index is 1000. The second kappa shape index (κ2) is 6.84. The maximum absolute atomic E-state index is 12.8. The Morgan fingerprint density at radius 3 is 2.92 bits per heavy atom. The Kier molecular flexibility index (Phi) is 4.38. The summed E-state index contributed by atoms with van der Waals surface area (Å²) in [5.74, 6) is 2.27. The normalized spacial score (nSPS) is 17.2. The van der Waals surface area contributed by atoms with Gasteiger partial charge < -0.3 is 9.64 Å². The summed E-state index contributed by atoms with van der Waals surface area (Å²) in [7, 11) is 3.42. The Hall–Kier alpha value is -2.80. The lowest BCUT2D eigenvalue weighted by molar-refractivity contribution is 0.178. The van der Waals surface area contributed by atoms with Gasteiger partial charge in [0.05, 0.1) is 16.9 Å². The Balaban J connectivity index is 1.78. The van der Waals surface area contributed by atoms with Crippen LogP contribution in [0.4, 0.5) is 5.82 Å². The van der Waals surface area contributed by atoms with Gasteiger partial charge in [-0.25, -0.2) is 15.0 Å². The SMILES string of the molecule is COCc1nccc(N2CCCC2c2nc3ccccc3c(=O)n2C)n1. The van der Waals surface area contributed by atoms with Crippen LogP contribution < -0.4 is 10.5 Å². The predicted molar refractivity (Wildman–Crippen MR) is 99.1 cm³/mol. The molecule has 1 fully saturated rings. The van der Waals surface area contributed by atoms with Crippen molar-refractivity contribution in [1.82, 2.24) is 19.5 Å². The maximum Gasteiger partial charge on any atom is 0.261 e. The van der Waals surface area contributed by atoms with E-state index in [2.05, 4.69) is 14.9 Å². The molecule has 0 bridgehead atoms. The molecular formula is C19H21N5O2. The molecule has 0 amide bonds. The molecule has 7 heteroatoms. The van der Waals surface area contributed by atoms with Gasteiger partial charge in [0.15, 0.2) is 5.82 Å². The number of para-hydroxylation sites is 1. The van der Waals surface area contributed by atoms with Crippen LogP contribution >= 0.6 is 0 Å². The molecule has 0 saturated carbocycles. The van der Waals surface area contributed by atoms with E-state index in [1.54, 1.807) is 24.9 Å². The summed E-state index contributed by atoms with van der Waals surface area (Å²) < 4.78 is 6.81. The van der Waals surface area contributed by atoms with Crippen molar-refractivity contribution >= 4 is 16.7 Å². The summed E-state index contributed by atoms with van der Waals surface area (Å²) in [5.41, 5.74) is 0.723. The van der Waals surface area contributed by atoms with E-state index in [0.717, 1.165) is 36.5 Å². The molecule has 0 N–H and O–H groups in total. The number of ether oxygens (including phenoxy) is 1. The third-order valence-corrected chi connectivity index (χ3v) is 4.83. The van der Waals surface area contributed by atoms with Gasteiger partial charge in [0.1, 0.15) is 18.2 Å². The topological polar surface area (TPSA) is 73.1 Å². The largest absolute Gasteiger partial charge is 0.377 e. The Morgan fingerprint density at radius 2 is 2.08 bits per heavy atom. The van der Waals surface area contributed by atoms with Gasteiger partial charge >= 0.3 is 0 Å². The van der Waals surface area contributed by atoms with E-state index in [0.29, 0.717) is 17.8 Å². The zero-order chi connectivity index (χ0) is 18.1. The second-order valence-electron chi connectivity index (χ2n) is 6.47. The van der Waals surface area contributed by atoms with Crippen molar-refractivity contribution in [3.8, 4) is 0 Å². The minimum Gasteiger partial charge on any atom is -0.377 e. The van der Waals surface area contributed by atoms with Crippen molar-refractivity contribution in [3.05, 3.63) is 58.5 Å². The smallest absolute Gasteiger partial charge is 0.261 e. The summed E-state index contributed by atoms with van der Waals surface area (Å²) in [6, 6.07) is 9.40. The van der Waals surface area contributed by atoms with Gasteiger partial charge in [-0.15, -0.1) is 0 Å². The van der Waals surface area contributed by atoms with Gasteiger partial charge in [0, 0.05) is 26.9 Å². The molecule has 0 aliphatic carbocycles. The summed E-state index contributed by atoms with van der Waals surface area (Å²) in [6.45, 7) is 1.25. The van der Waals surface area contributed by atoms with Gasteiger partial charge in [0.25, 0.3) is 5.56 Å². The molecule has 134 valence electrons. The number of methoxy groups -OCH3 is 1. The summed E-state index contributed by atoms with van der Waals surface area (Å²) in [6.07, 6.45) is 3.71. The molecule has 7 nitrogen and oxygen atoms in total. The first-order chi connectivity index (χ1) is 12.7. The van der Waals surface area contributed by atoms with E-state index in [1.807, 2.05) is 30.3 Å². The van der Waals surface area contributed by atoms with Gasteiger partial charge in [-0.1, -0.05) is 12.1 Å². The molecule has 3 aromatic rings. The molecular weight excluding hydrogens is 330 g/mol. The summed E-state index contributed by atoms with van der Waals surface area (Å²) in [4.78, 5) is 28.6. The van der Waals surface area contributed by atoms with E-state index in [4.69, 9.17) is 9.72 Å². The van der Waals surface area contributed by atoms with E-state index in [9.17, 15) is 4.79 Å². The molecule has 1 aliphatic rings. The lowest BCUT2D eigenvalue weighted by atomic mass is 10.1. The number of aromatic nitrogens is 4. The highest BCUT2D eigenvalue weighted by molar-refractivity contribution is 5.77. The van der Waals surface area contributed by atoms with E-state index < -0.39 is 0 Å². The highest BCUT2D eigenvalue weighted by Crippen LogP contribution is 2.34. The Labute approximate surface area is 151 Å². The average molecular weight is 351 g/mol. The lowest BCUT2D eigenvalue weighted by Gasteiger charge is -2.26. The minimum absolute atomic E-state index is 0.0137. The van der Waals surface area contributed by atoms with Crippen LogP contribution in [-0.2, 0) is 18.4 Å². The number of rotatable bonds is 4. The lowest BCUT2D eigenvalue weighted by Crippen LogP contribution is -2.31. The molecule has 1 aliphatic heterocycles. The molecule has 1 aromatic carbocycles. The first-order valence-corrected chi connectivity index (χ1v) is 8.72. The van der Waals surface area contributed by atoms with Crippen molar-refractivity contribution in [1.29, 1.82) is 0 Å². The highest BCUT2D eigenvalue weighted by Gasteiger charge is 2.30. The molecule has 0 radical (unpaired) electrons. The van der Waals surface area contributed by atoms with Crippen molar-refractivity contribution in [2.45, 2.75) is 25.5 Å². The molecule has 1 unspecified atom stereocenters. The van der Waals surface area contributed by atoms with Gasteiger partial charge in [0.2, 0.25) is 0 Å². The molecule has 1 atom stereocenters. The van der Waals surface area contributed by atoms with Crippen LogP contribution in [0.1, 0.15) is 30.5 Å². The second-order valence-corrected chi connectivity index (χ2v) is 6.47. The third kappa shape index (κ3) is 2.84. The fraction of sp³-hybridized carbons (Fsp3) is 0.368.